The minimum absolute atomic E-state index is 0.0381. The number of hydrogen-bond donors (Lipinski definition) is 1. The van der Waals surface area contributed by atoms with Crippen LogP contribution in [0.2, 0.25) is 0 Å². The number of aliphatic imine (C=N–C) groups is 1. The molecule has 0 saturated heterocycles. The zero-order valence-electron chi connectivity index (χ0n) is 8.66. The van der Waals surface area contributed by atoms with Crippen molar-refractivity contribution in [1.82, 2.24) is 14.3 Å². The molecular formula is C10H10N4O2. The van der Waals surface area contributed by atoms with Crippen LogP contribution in [0.15, 0.2) is 29.5 Å². The number of carboxylic acids is 1. The maximum atomic E-state index is 10.9. The molecule has 0 saturated carbocycles. The van der Waals surface area contributed by atoms with Crippen molar-refractivity contribution in [3.8, 4) is 5.82 Å². The average molecular weight is 218 g/mol. The second-order valence-electron chi connectivity index (χ2n) is 3.23. The zero-order valence-corrected chi connectivity index (χ0v) is 8.66. The normalized spacial score (nSPS) is 10.3. The van der Waals surface area contributed by atoms with Crippen LogP contribution < -0.4 is 0 Å². The number of aromatic carboxylic acids is 1. The van der Waals surface area contributed by atoms with E-state index in [9.17, 15) is 4.79 Å². The van der Waals surface area contributed by atoms with Crippen molar-refractivity contribution in [2.45, 2.75) is 0 Å². The molecule has 82 valence electrons. The highest BCUT2D eigenvalue weighted by Gasteiger charge is 2.17. The Morgan fingerprint density at radius 2 is 2.38 bits per heavy atom. The molecule has 1 N–H and O–H groups in total. The Hall–Kier alpha value is -2.37. The third kappa shape index (κ3) is 1.40. The van der Waals surface area contributed by atoms with Gasteiger partial charge >= 0.3 is 5.97 Å². The molecule has 0 aliphatic rings. The average Bonchev–Trinajstić information content (AvgIpc) is 2.82. The molecule has 2 aromatic heterocycles. The van der Waals surface area contributed by atoms with Crippen LogP contribution in [0.4, 0.5) is 5.82 Å². The molecule has 2 aromatic rings. The van der Waals surface area contributed by atoms with Gasteiger partial charge in [0, 0.05) is 13.2 Å². The lowest BCUT2D eigenvalue weighted by molar-refractivity contribution is 0.0698. The second kappa shape index (κ2) is 3.65. The van der Waals surface area contributed by atoms with Gasteiger partial charge in [-0.3, -0.25) is 0 Å². The lowest BCUT2D eigenvalue weighted by atomic mass is 10.3. The first-order chi connectivity index (χ1) is 7.65. The first-order valence-electron chi connectivity index (χ1n) is 4.55. The Balaban J connectivity index is 2.63. The largest absolute Gasteiger partial charge is 0.477 e. The molecule has 2 rings (SSSR count). The highest BCUT2D eigenvalue weighted by Crippen LogP contribution is 2.22. The molecule has 0 aromatic carbocycles. The number of carbonyl (C=O) groups is 1. The zero-order chi connectivity index (χ0) is 11.7. The van der Waals surface area contributed by atoms with Gasteiger partial charge in [-0.1, -0.05) is 0 Å². The van der Waals surface area contributed by atoms with Crippen LogP contribution in [-0.2, 0) is 7.05 Å². The van der Waals surface area contributed by atoms with Crippen molar-refractivity contribution in [1.29, 1.82) is 0 Å². The summed E-state index contributed by atoms with van der Waals surface area (Å²) < 4.78 is 3.25. The summed E-state index contributed by atoms with van der Waals surface area (Å²) in [5.41, 5.74) is 0.0381. The first-order valence-corrected chi connectivity index (χ1v) is 4.55. The Kier molecular flexibility index (Phi) is 2.32. The van der Waals surface area contributed by atoms with Gasteiger partial charge in [-0.25, -0.2) is 9.79 Å². The number of aromatic nitrogens is 3. The maximum Gasteiger partial charge on any atom is 0.341 e. The minimum atomic E-state index is -1.07. The van der Waals surface area contributed by atoms with E-state index in [0.717, 1.165) is 5.82 Å². The summed E-state index contributed by atoms with van der Waals surface area (Å²) in [5, 5.41) is 12.9. The lowest BCUT2D eigenvalue weighted by Crippen LogP contribution is -2.02. The maximum absolute atomic E-state index is 10.9. The molecular weight excluding hydrogens is 208 g/mol. The summed E-state index contributed by atoms with van der Waals surface area (Å²) in [5.74, 6) is -0.105. The van der Waals surface area contributed by atoms with E-state index >= 15 is 0 Å². The summed E-state index contributed by atoms with van der Waals surface area (Å²) in [6.07, 6.45) is 3.10. The molecule has 0 aliphatic heterocycles. The molecule has 0 amide bonds. The summed E-state index contributed by atoms with van der Waals surface area (Å²) >= 11 is 0. The molecule has 0 aliphatic carbocycles. The Bertz CT molecular complexity index is 553. The van der Waals surface area contributed by atoms with Crippen molar-refractivity contribution in [2.75, 3.05) is 0 Å². The SMILES string of the molecule is C=Nc1c(C(=O)O)cnn1-c1cccn1C. The second-order valence-corrected chi connectivity index (χ2v) is 3.23. The van der Waals surface area contributed by atoms with E-state index in [4.69, 9.17) is 5.11 Å². The van der Waals surface area contributed by atoms with Crippen LogP contribution in [0.25, 0.3) is 5.82 Å². The molecule has 6 nitrogen and oxygen atoms in total. The Morgan fingerprint density at radius 1 is 1.62 bits per heavy atom. The fraction of sp³-hybridized carbons (Fsp3) is 0.100. The Labute approximate surface area is 91.5 Å². The van der Waals surface area contributed by atoms with Crippen LogP contribution in [-0.4, -0.2) is 32.1 Å². The number of nitrogens with zero attached hydrogens (tertiary/aromatic N) is 4. The summed E-state index contributed by atoms with van der Waals surface area (Å²) in [4.78, 5) is 14.6. The summed E-state index contributed by atoms with van der Waals surface area (Å²) in [6, 6.07) is 3.65. The highest BCUT2D eigenvalue weighted by molar-refractivity contribution is 5.92. The van der Waals surface area contributed by atoms with Gasteiger partial charge in [0.2, 0.25) is 0 Å². The van der Waals surface area contributed by atoms with E-state index in [1.807, 2.05) is 29.9 Å². The molecule has 6 heteroatoms. The van der Waals surface area contributed by atoms with E-state index in [1.165, 1.54) is 10.9 Å². The molecule has 16 heavy (non-hydrogen) atoms. The van der Waals surface area contributed by atoms with Gasteiger partial charge in [0.1, 0.15) is 11.4 Å². The van der Waals surface area contributed by atoms with Gasteiger partial charge in [0.05, 0.1) is 6.20 Å². The molecule has 0 bridgehead atoms. The highest BCUT2D eigenvalue weighted by atomic mass is 16.4. The van der Waals surface area contributed by atoms with Crippen LogP contribution in [0.3, 0.4) is 0 Å². The van der Waals surface area contributed by atoms with E-state index in [2.05, 4.69) is 16.8 Å². The fourth-order valence-electron chi connectivity index (χ4n) is 1.48. The van der Waals surface area contributed by atoms with Crippen molar-refractivity contribution in [2.24, 2.45) is 12.0 Å². The molecule has 0 unspecified atom stereocenters. The van der Waals surface area contributed by atoms with Gasteiger partial charge in [0.15, 0.2) is 5.82 Å². The lowest BCUT2D eigenvalue weighted by Gasteiger charge is -2.04. The molecule has 0 spiro atoms. The van der Waals surface area contributed by atoms with Gasteiger partial charge in [-0.15, -0.1) is 0 Å². The topological polar surface area (TPSA) is 72.4 Å². The van der Waals surface area contributed by atoms with E-state index < -0.39 is 5.97 Å². The molecule has 2 heterocycles. The molecule has 0 atom stereocenters. The van der Waals surface area contributed by atoms with E-state index in [1.54, 1.807) is 0 Å². The van der Waals surface area contributed by atoms with Crippen LogP contribution in [0, 0.1) is 0 Å². The molecule has 0 radical (unpaired) electrons. The quantitative estimate of drug-likeness (QED) is 0.788. The molecule has 0 fully saturated rings. The van der Waals surface area contributed by atoms with Gasteiger partial charge in [-0.2, -0.15) is 9.78 Å². The first kappa shape index (κ1) is 10.2. The number of carboxylic acid groups (broad SMARTS) is 1. The van der Waals surface area contributed by atoms with Crippen molar-refractivity contribution in [3.63, 3.8) is 0 Å². The van der Waals surface area contributed by atoms with E-state index in [0.29, 0.717) is 0 Å². The van der Waals surface area contributed by atoms with Crippen LogP contribution in [0.1, 0.15) is 10.4 Å². The van der Waals surface area contributed by atoms with Crippen LogP contribution in [0.5, 0.6) is 0 Å². The number of rotatable bonds is 3. The van der Waals surface area contributed by atoms with Crippen molar-refractivity contribution in [3.05, 3.63) is 30.1 Å². The van der Waals surface area contributed by atoms with Gasteiger partial charge in [0.25, 0.3) is 0 Å². The monoisotopic (exact) mass is 218 g/mol. The fourth-order valence-corrected chi connectivity index (χ4v) is 1.48. The van der Waals surface area contributed by atoms with Crippen molar-refractivity contribution >= 4 is 18.5 Å². The van der Waals surface area contributed by atoms with Gasteiger partial charge in [-0.05, 0) is 18.9 Å². The predicted octanol–water partition coefficient (Wildman–Crippen LogP) is 1.24. The summed E-state index contributed by atoms with van der Waals surface area (Å²) in [7, 11) is 1.84. The Morgan fingerprint density at radius 3 is 2.88 bits per heavy atom. The number of hydrogen-bond acceptors (Lipinski definition) is 3. The summed E-state index contributed by atoms with van der Waals surface area (Å²) in [6.45, 7) is 3.36. The third-order valence-electron chi connectivity index (χ3n) is 2.26. The predicted molar refractivity (Wildman–Crippen MR) is 58.7 cm³/mol. The van der Waals surface area contributed by atoms with Crippen LogP contribution >= 0.6 is 0 Å². The minimum Gasteiger partial charge on any atom is -0.477 e. The number of aryl methyl sites for hydroxylation is 1. The standard InChI is InChI=1S/C10H10N4O2/c1-11-9-7(10(15)16)6-12-14(9)8-4-3-5-13(8)2/h3-6H,1H2,2H3,(H,15,16). The van der Waals surface area contributed by atoms with Crippen molar-refractivity contribution < 1.29 is 9.90 Å². The third-order valence-corrected chi connectivity index (χ3v) is 2.26. The smallest absolute Gasteiger partial charge is 0.341 e. The van der Waals surface area contributed by atoms with Gasteiger partial charge < -0.3 is 9.67 Å². The van der Waals surface area contributed by atoms with E-state index in [-0.39, 0.29) is 11.4 Å².